The lowest BCUT2D eigenvalue weighted by Crippen LogP contribution is -2.57. The van der Waals surface area contributed by atoms with E-state index in [4.69, 9.17) is 22.1 Å². The Bertz CT molecular complexity index is 420. The van der Waals surface area contributed by atoms with Gasteiger partial charge in [-0.2, -0.15) is 0 Å². The monoisotopic (exact) mass is 254 g/mol. The molecule has 1 aromatic rings. The SMILES string of the molecule is COC1CC(Nc2ccc(Cl)cc2N)C1(C)C. The van der Waals surface area contributed by atoms with Crippen molar-refractivity contribution < 1.29 is 4.74 Å². The molecule has 3 nitrogen and oxygen atoms in total. The molecule has 3 N–H and O–H groups in total. The number of hydrogen-bond acceptors (Lipinski definition) is 3. The van der Waals surface area contributed by atoms with Gasteiger partial charge in [-0.1, -0.05) is 25.4 Å². The molecular formula is C13H19ClN2O. The number of nitrogens with two attached hydrogens (primary N) is 1. The van der Waals surface area contributed by atoms with Crippen molar-refractivity contribution in [3.8, 4) is 0 Å². The third-order valence-electron chi connectivity index (χ3n) is 3.81. The standard InChI is InChI=1S/C13H19ClN2O/c1-13(2)11(7-12(13)17-3)16-10-5-4-8(14)6-9(10)15/h4-6,11-12,16H,7,15H2,1-3H3. The van der Waals surface area contributed by atoms with Crippen LogP contribution in [0.1, 0.15) is 20.3 Å². The Morgan fingerprint density at radius 2 is 2.18 bits per heavy atom. The smallest absolute Gasteiger partial charge is 0.0661 e. The second kappa shape index (κ2) is 4.39. The van der Waals surface area contributed by atoms with E-state index < -0.39 is 0 Å². The van der Waals surface area contributed by atoms with E-state index in [0.717, 1.165) is 12.1 Å². The second-order valence-electron chi connectivity index (χ2n) is 5.21. The number of hydrogen-bond donors (Lipinski definition) is 2. The Morgan fingerprint density at radius 1 is 1.47 bits per heavy atom. The molecular weight excluding hydrogens is 236 g/mol. The van der Waals surface area contributed by atoms with Crippen molar-refractivity contribution in [2.24, 2.45) is 5.41 Å². The number of anilines is 2. The molecule has 2 rings (SSSR count). The van der Waals surface area contributed by atoms with Crippen LogP contribution in [-0.4, -0.2) is 19.3 Å². The molecule has 1 aromatic carbocycles. The fraction of sp³-hybridized carbons (Fsp3) is 0.538. The lowest BCUT2D eigenvalue weighted by Gasteiger charge is -2.51. The highest BCUT2D eigenvalue weighted by atomic mass is 35.5. The number of nitrogens with one attached hydrogen (secondary N) is 1. The van der Waals surface area contributed by atoms with Gasteiger partial charge in [-0.3, -0.25) is 0 Å². The topological polar surface area (TPSA) is 47.3 Å². The molecule has 94 valence electrons. The predicted molar refractivity (Wildman–Crippen MR) is 72.5 cm³/mol. The van der Waals surface area contributed by atoms with E-state index >= 15 is 0 Å². The number of nitrogen functional groups attached to an aromatic ring is 1. The fourth-order valence-electron chi connectivity index (χ4n) is 2.38. The Balaban J connectivity index is 2.08. The number of halogens is 1. The Morgan fingerprint density at radius 3 is 2.71 bits per heavy atom. The van der Waals surface area contributed by atoms with Gasteiger partial charge in [0, 0.05) is 23.6 Å². The highest BCUT2D eigenvalue weighted by molar-refractivity contribution is 6.31. The van der Waals surface area contributed by atoms with Crippen molar-refractivity contribution >= 4 is 23.0 Å². The van der Waals surface area contributed by atoms with Crippen molar-refractivity contribution in [1.29, 1.82) is 0 Å². The lowest BCUT2D eigenvalue weighted by atomic mass is 9.64. The summed E-state index contributed by atoms with van der Waals surface area (Å²) >= 11 is 5.88. The van der Waals surface area contributed by atoms with Gasteiger partial charge in [-0.05, 0) is 24.6 Å². The summed E-state index contributed by atoms with van der Waals surface area (Å²) in [4.78, 5) is 0. The summed E-state index contributed by atoms with van der Waals surface area (Å²) in [5.41, 5.74) is 7.69. The normalized spacial score (nSPS) is 26.4. The second-order valence-corrected chi connectivity index (χ2v) is 5.65. The van der Waals surface area contributed by atoms with Crippen LogP contribution in [0.2, 0.25) is 5.02 Å². The summed E-state index contributed by atoms with van der Waals surface area (Å²) in [6.45, 7) is 4.41. The zero-order chi connectivity index (χ0) is 12.6. The maximum absolute atomic E-state index is 5.93. The van der Waals surface area contributed by atoms with E-state index in [2.05, 4.69) is 19.2 Å². The van der Waals surface area contributed by atoms with Crippen molar-refractivity contribution in [1.82, 2.24) is 0 Å². The van der Waals surface area contributed by atoms with Crippen molar-refractivity contribution in [2.45, 2.75) is 32.4 Å². The molecule has 17 heavy (non-hydrogen) atoms. The number of rotatable bonds is 3. The van der Waals surface area contributed by atoms with E-state index in [9.17, 15) is 0 Å². The fourth-order valence-corrected chi connectivity index (χ4v) is 2.56. The molecule has 2 unspecified atom stereocenters. The van der Waals surface area contributed by atoms with Crippen LogP contribution in [0.5, 0.6) is 0 Å². The first kappa shape index (κ1) is 12.5. The van der Waals surface area contributed by atoms with Gasteiger partial charge in [0.15, 0.2) is 0 Å². The molecule has 2 atom stereocenters. The van der Waals surface area contributed by atoms with Gasteiger partial charge in [0.1, 0.15) is 0 Å². The van der Waals surface area contributed by atoms with Gasteiger partial charge in [0.2, 0.25) is 0 Å². The van der Waals surface area contributed by atoms with E-state index in [1.807, 2.05) is 12.1 Å². The quantitative estimate of drug-likeness (QED) is 0.815. The molecule has 0 aromatic heterocycles. The van der Waals surface area contributed by atoms with Gasteiger partial charge in [-0.15, -0.1) is 0 Å². The minimum Gasteiger partial charge on any atom is -0.397 e. The van der Waals surface area contributed by atoms with E-state index in [1.54, 1.807) is 13.2 Å². The zero-order valence-electron chi connectivity index (χ0n) is 10.5. The van der Waals surface area contributed by atoms with Crippen molar-refractivity contribution in [3.63, 3.8) is 0 Å². The maximum atomic E-state index is 5.93. The molecule has 0 aliphatic heterocycles. The van der Waals surface area contributed by atoms with Crippen LogP contribution in [0.15, 0.2) is 18.2 Å². The highest BCUT2D eigenvalue weighted by Gasteiger charge is 2.48. The molecule has 1 saturated carbocycles. The minimum absolute atomic E-state index is 0.126. The largest absolute Gasteiger partial charge is 0.397 e. The highest BCUT2D eigenvalue weighted by Crippen LogP contribution is 2.44. The molecule has 0 bridgehead atoms. The Kier molecular flexibility index (Phi) is 3.23. The molecule has 0 amide bonds. The molecule has 0 saturated heterocycles. The van der Waals surface area contributed by atoms with Crippen molar-refractivity contribution in [2.75, 3.05) is 18.2 Å². The van der Waals surface area contributed by atoms with Crippen LogP contribution in [0.4, 0.5) is 11.4 Å². The zero-order valence-corrected chi connectivity index (χ0v) is 11.2. The van der Waals surface area contributed by atoms with Crippen LogP contribution in [0.25, 0.3) is 0 Å². The average molecular weight is 255 g/mol. The molecule has 4 heteroatoms. The molecule has 0 radical (unpaired) electrons. The maximum Gasteiger partial charge on any atom is 0.0661 e. The summed E-state index contributed by atoms with van der Waals surface area (Å²) in [7, 11) is 1.76. The number of ether oxygens (including phenoxy) is 1. The molecule has 1 fully saturated rings. The van der Waals surface area contributed by atoms with Gasteiger partial charge >= 0.3 is 0 Å². The summed E-state index contributed by atoms with van der Waals surface area (Å²) in [6, 6.07) is 5.92. The summed E-state index contributed by atoms with van der Waals surface area (Å²) < 4.78 is 5.43. The predicted octanol–water partition coefficient (Wildman–Crippen LogP) is 3.15. The number of methoxy groups -OCH3 is 1. The molecule has 1 aliphatic rings. The van der Waals surface area contributed by atoms with Crippen LogP contribution in [-0.2, 0) is 4.74 Å². The molecule has 0 spiro atoms. The van der Waals surface area contributed by atoms with Crippen LogP contribution < -0.4 is 11.1 Å². The van der Waals surface area contributed by atoms with Crippen molar-refractivity contribution in [3.05, 3.63) is 23.2 Å². The van der Waals surface area contributed by atoms with Crippen LogP contribution >= 0.6 is 11.6 Å². The minimum atomic E-state index is 0.126. The number of benzene rings is 1. The van der Waals surface area contributed by atoms with E-state index in [0.29, 0.717) is 22.9 Å². The van der Waals surface area contributed by atoms with Crippen LogP contribution in [0, 0.1) is 5.41 Å². The van der Waals surface area contributed by atoms with Gasteiger partial charge in [-0.25, -0.2) is 0 Å². The van der Waals surface area contributed by atoms with Gasteiger partial charge in [0.05, 0.1) is 17.5 Å². The third kappa shape index (κ3) is 2.22. The van der Waals surface area contributed by atoms with Gasteiger partial charge in [0.25, 0.3) is 0 Å². The molecule has 1 aliphatic carbocycles. The van der Waals surface area contributed by atoms with Crippen LogP contribution in [0.3, 0.4) is 0 Å². The first-order valence-corrected chi connectivity index (χ1v) is 6.17. The summed E-state index contributed by atoms with van der Waals surface area (Å²) in [5.74, 6) is 0. The average Bonchev–Trinajstić information content (AvgIpc) is 2.26. The Hall–Kier alpha value is -0.930. The van der Waals surface area contributed by atoms with Gasteiger partial charge < -0.3 is 15.8 Å². The van der Waals surface area contributed by atoms with E-state index in [1.165, 1.54) is 0 Å². The summed E-state index contributed by atoms with van der Waals surface area (Å²) in [6.07, 6.45) is 1.32. The third-order valence-corrected chi connectivity index (χ3v) is 4.04. The lowest BCUT2D eigenvalue weighted by molar-refractivity contribution is -0.0794. The Labute approximate surface area is 107 Å². The first-order chi connectivity index (χ1) is 7.95. The molecule has 0 heterocycles. The summed E-state index contributed by atoms with van der Waals surface area (Å²) in [5, 5.41) is 4.13. The van der Waals surface area contributed by atoms with E-state index in [-0.39, 0.29) is 5.41 Å². The first-order valence-electron chi connectivity index (χ1n) is 5.79.